The lowest BCUT2D eigenvalue weighted by molar-refractivity contribution is 0.0701. The Balaban J connectivity index is 1.66. The van der Waals surface area contributed by atoms with Crippen LogP contribution in [0.4, 0.5) is 0 Å². The standard InChI is InChI=1S/C14H20N2O2S/c1-10-11(7-13(19-10)14(17)18)8-15-5-6-16-4-2-3-12(16)9-15/h7,12H,2-6,8-9H2,1H3,(H,17,18). The summed E-state index contributed by atoms with van der Waals surface area (Å²) in [7, 11) is 0. The molecular weight excluding hydrogens is 260 g/mol. The Morgan fingerprint density at radius 3 is 3.05 bits per heavy atom. The number of carbonyl (C=O) groups is 1. The quantitative estimate of drug-likeness (QED) is 0.920. The lowest BCUT2D eigenvalue weighted by Crippen LogP contribution is -2.49. The zero-order chi connectivity index (χ0) is 13.4. The molecule has 1 unspecified atom stereocenters. The van der Waals surface area contributed by atoms with Gasteiger partial charge in [0.15, 0.2) is 0 Å². The van der Waals surface area contributed by atoms with Gasteiger partial charge in [0.05, 0.1) is 0 Å². The number of aryl methyl sites for hydroxylation is 1. The molecule has 2 aliphatic rings. The molecule has 104 valence electrons. The van der Waals surface area contributed by atoms with Crippen molar-refractivity contribution in [1.29, 1.82) is 0 Å². The van der Waals surface area contributed by atoms with E-state index in [1.807, 2.05) is 13.0 Å². The normalized spacial score (nSPS) is 24.6. The molecule has 0 bridgehead atoms. The second-order valence-electron chi connectivity index (χ2n) is 5.56. The van der Waals surface area contributed by atoms with Crippen molar-refractivity contribution >= 4 is 17.3 Å². The fourth-order valence-electron chi connectivity index (χ4n) is 3.22. The molecule has 19 heavy (non-hydrogen) atoms. The van der Waals surface area contributed by atoms with Gasteiger partial charge in [-0.25, -0.2) is 4.79 Å². The maximum Gasteiger partial charge on any atom is 0.345 e. The summed E-state index contributed by atoms with van der Waals surface area (Å²) in [5.74, 6) is -0.806. The number of piperazine rings is 1. The zero-order valence-corrected chi connectivity index (χ0v) is 12.1. The van der Waals surface area contributed by atoms with Crippen LogP contribution in [-0.4, -0.2) is 53.1 Å². The van der Waals surface area contributed by atoms with Gasteiger partial charge in [-0.1, -0.05) is 0 Å². The van der Waals surface area contributed by atoms with Crippen LogP contribution in [0.1, 0.15) is 33.0 Å². The minimum Gasteiger partial charge on any atom is -0.477 e. The molecule has 5 heteroatoms. The number of carboxylic acids is 1. The second kappa shape index (κ2) is 5.23. The Kier molecular flexibility index (Phi) is 3.60. The van der Waals surface area contributed by atoms with E-state index in [1.165, 1.54) is 42.8 Å². The first kappa shape index (κ1) is 13.1. The Morgan fingerprint density at radius 2 is 2.32 bits per heavy atom. The highest BCUT2D eigenvalue weighted by molar-refractivity contribution is 7.14. The smallest absolute Gasteiger partial charge is 0.345 e. The lowest BCUT2D eigenvalue weighted by Gasteiger charge is -2.37. The third-order valence-corrected chi connectivity index (χ3v) is 5.38. The van der Waals surface area contributed by atoms with E-state index >= 15 is 0 Å². The summed E-state index contributed by atoms with van der Waals surface area (Å²) in [6.45, 7) is 7.60. The number of hydrogen-bond acceptors (Lipinski definition) is 4. The van der Waals surface area contributed by atoms with Crippen LogP contribution in [0.2, 0.25) is 0 Å². The third kappa shape index (κ3) is 2.68. The molecule has 3 rings (SSSR count). The number of fused-ring (bicyclic) bond motifs is 1. The summed E-state index contributed by atoms with van der Waals surface area (Å²) < 4.78 is 0. The number of thiophene rings is 1. The van der Waals surface area contributed by atoms with Crippen LogP contribution >= 0.6 is 11.3 Å². The van der Waals surface area contributed by atoms with Crippen LogP contribution in [-0.2, 0) is 6.54 Å². The van der Waals surface area contributed by atoms with Gasteiger partial charge in [0.25, 0.3) is 0 Å². The second-order valence-corrected chi connectivity index (χ2v) is 6.82. The molecule has 0 saturated carbocycles. The van der Waals surface area contributed by atoms with Gasteiger partial charge in [0, 0.05) is 37.1 Å². The van der Waals surface area contributed by atoms with Gasteiger partial charge >= 0.3 is 5.97 Å². The summed E-state index contributed by atoms with van der Waals surface area (Å²) in [5, 5.41) is 9.04. The van der Waals surface area contributed by atoms with Gasteiger partial charge in [0.2, 0.25) is 0 Å². The van der Waals surface area contributed by atoms with E-state index in [4.69, 9.17) is 5.11 Å². The van der Waals surface area contributed by atoms with Gasteiger partial charge in [-0.2, -0.15) is 0 Å². The van der Waals surface area contributed by atoms with Gasteiger partial charge in [0.1, 0.15) is 4.88 Å². The maximum atomic E-state index is 11.0. The van der Waals surface area contributed by atoms with Crippen LogP contribution in [0.3, 0.4) is 0 Å². The summed E-state index contributed by atoms with van der Waals surface area (Å²) >= 11 is 1.39. The molecule has 0 spiro atoms. The first-order chi connectivity index (χ1) is 9.13. The largest absolute Gasteiger partial charge is 0.477 e. The van der Waals surface area contributed by atoms with Crippen LogP contribution in [0.15, 0.2) is 6.07 Å². The third-order valence-electron chi connectivity index (χ3n) is 4.30. The maximum absolute atomic E-state index is 11.0. The van der Waals surface area contributed by atoms with E-state index in [0.717, 1.165) is 30.6 Å². The molecule has 0 aromatic carbocycles. The molecule has 0 radical (unpaired) electrons. The number of carboxylic acid groups (broad SMARTS) is 1. The highest BCUT2D eigenvalue weighted by atomic mass is 32.1. The van der Waals surface area contributed by atoms with Crippen molar-refractivity contribution in [3.8, 4) is 0 Å². The predicted octanol–water partition coefficient (Wildman–Crippen LogP) is 2.03. The van der Waals surface area contributed by atoms with Gasteiger partial charge in [-0.15, -0.1) is 11.3 Å². The molecule has 2 fully saturated rings. The molecule has 4 nitrogen and oxygen atoms in total. The van der Waals surface area contributed by atoms with Gasteiger partial charge < -0.3 is 5.11 Å². The Bertz CT molecular complexity index is 486. The molecule has 0 amide bonds. The fraction of sp³-hybridized carbons (Fsp3) is 0.643. The van der Waals surface area contributed by atoms with Crippen LogP contribution in [0, 0.1) is 6.92 Å². The molecule has 1 N–H and O–H groups in total. The summed E-state index contributed by atoms with van der Waals surface area (Å²) in [6, 6.07) is 2.58. The topological polar surface area (TPSA) is 43.8 Å². The summed E-state index contributed by atoms with van der Waals surface area (Å²) in [6.07, 6.45) is 2.65. The minimum atomic E-state index is -0.806. The van der Waals surface area contributed by atoms with Gasteiger partial charge in [-0.05, 0) is 37.9 Å². The zero-order valence-electron chi connectivity index (χ0n) is 11.3. The molecular formula is C14H20N2O2S. The highest BCUT2D eigenvalue weighted by Crippen LogP contribution is 2.26. The Labute approximate surface area is 117 Å². The van der Waals surface area contributed by atoms with Crippen molar-refractivity contribution in [3.05, 3.63) is 21.4 Å². The van der Waals surface area contributed by atoms with E-state index < -0.39 is 5.97 Å². The lowest BCUT2D eigenvalue weighted by atomic mass is 10.1. The predicted molar refractivity (Wildman–Crippen MR) is 75.9 cm³/mol. The summed E-state index contributed by atoms with van der Waals surface area (Å²) in [4.78, 5) is 17.7. The number of hydrogen-bond donors (Lipinski definition) is 1. The Morgan fingerprint density at radius 1 is 1.47 bits per heavy atom. The minimum absolute atomic E-state index is 0.465. The van der Waals surface area contributed by atoms with Crippen LogP contribution in [0.25, 0.3) is 0 Å². The molecule has 0 aliphatic carbocycles. The highest BCUT2D eigenvalue weighted by Gasteiger charge is 2.30. The van der Waals surface area contributed by atoms with Crippen molar-refractivity contribution < 1.29 is 9.90 Å². The van der Waals surface area contributed by atoms with Crippen LogP contribution in [0.5, 0.6) is 0 Å². The van der Waals surface area contributed by atoms with E-state index in [1.54, 1.807) is 0 Å². The van der Waals surface area contributed by atoms with Gasteiger partial charge in [-0.3, -0.25) is 9.80 Å². The Hall–Kier alpha value is -0.910. The first-order valence-electron chi connectivity index (χ1n) is 6.92. The average molecular weight is 280 g/mol. The molecule has 2 aliphatic heterocycles. The van der Waals surface area contributed by atoms with Crippen molar-refractivity contribution in [2.45, 2.75) is 32.4 Å². The summed E-state index contributed by atoms with van der Waals surface area (Å²) in [5.41, 5.74) is 1.19. The fourth-order valence-corrected chi connectivity index (χ4v) is 4.10. The molecule has 3 heterocycles. The molecule has 1 aromatic heterocycles. The first-order valence-corrected chi connectivity index (χ1v) is 7.74. The van der Waals surface area contributed by atoms with Crippen molar-refractivity contribution in [3.63, 3.8) is 0 Å². The number of rotatable bonds is 3. The molecule has 1 atom stereocenters. The molecule has 1 aromatic rings. The number of nitrogens with zero attached hydrogens (tertiary/aromatic N) is 2. The van der Waals surface area contributed by atoms with Crippen molar-refractivity contribution in [2.24, 2.45) is 0 Å². The van der Waals surface area contributed by atoms with E-state index in [-0.39, 0.29) is 0 Å². The average Bonchev–Trinajstić information content (AvgIpc) is 2.96. The number of aromatic carboxylic acids is 1. The monoisotopic (exact) mass is 280 g/mol. The van der Waals surface area contributed by atoms with Crippen molar-refractivity contribution in [1.82, 2.24) is 9.80 Å². The SMILES string of the molecule is Cc1sc(C(=O)O)cc1CN1CCN2CCCC2C1. The van der Waals surface area contributed by atoms with Crippen LogP contribution < -0.4 is 0 Å². The van der Waals surface area contributed by atoms with E-state index in [9.17, 15) is 4.79 Å². The van der Waals surface area contributed by atoms with Crippen molar-refractivity contribution in [2.75, 3.05) is 26.2 Å². The van der Waals surface area contributed by atoms with E-state index in [2.05, 4.69) is 9.80 Å². The van der Waals surface area contributed by atoms with E-state index in [0.29, 0.717) is 4.88 Å². The molecule has 2 saturated heterocycles.